The molecule has 0 unspecified atom stereocenters. The average molecular weight is 410 g/mol. The summed E-state index contributed by atoms with van der Waals surface area (Å²) in [5.41, 5.74) is 5.68. The number of nitriles is 1. The normalized spacial score (nSPS) is 14.9. The van der Waals surface area contributed by atoms with Gasteiger partial charge in [-0.15, -0.1) is 4.95 Å². The van der Waals surface area contributed by atoms with E-state index in [2.05, 4.69) is 25.0 Å². The van der Waals surface area contributed by atoms with Crippen molar-refractivity contribution in [2.24, 2.45) is 10.1 Å². The summed E-state index contributed by atoms with van der Waals surface area (Å²) in [6, 6.07) is 14.9. The third-order valence-electron chi connectivity index (χ3n) is 5.44. The minimum atomic E-state index is 0.403. The van der Waals surface area contributed by atoms with Crippen LogP contribution in [0.2, 0.25) is 0 Å². The summed E-state index contributed by atoms with van der Waals surface area (Å²) >= 11 is 0. The Balaban J connectivity index is 1.85. The van der Waals surface area contributed by atoms with Gasteiger partial charge in [0.25, 0.3) is 0 Å². The molecular formula is C24H10N8. The highest BCUT2D eigenvalue weighted by Crippen LogP contribution is 2.34. The smallest absolute Gasteiger partial charge is 0.206 e. The van der Waals surface area contributed by atoms with Crippen molar-refractivity contribution < 1.29 is 0 Å². The molecule has 32 heavy (non-hydrogen) atoms. The van der Waals surface area contributed by atoms with Crippen LogP contribution in [0.1, 0.15) is 22.5 Å². The van der Waals surface area contributed by atoms with Gasteiger partial charge >= 0.3 is 0 Å². The maximum Gasteiger partial charge on any atom is 0.206 e. The highest BCUT2D eigenvalue weighted by Gasteiger charge is 2.32. The zero-order valence-corrected chi connectivity index (χ0v) is 16.4. The van der Waals surface area contributed by atoms with Crippen LogP contribution in [0.15, 0.2) is 71.0 Å². The largest absolute Gasteiger partial charge is 0.254 e. The molecule has 2 aromatic carbocycles. The highest BCUT2D eigenvalue weighted by atomic mass is 15.2. The first kappa shape index (κ1) is 17.8. The predicted octanol–water partition coefficient (Wildman–Crippen LogP) is 4.03. The average Bonchev–Trinajstić information content (AvgIpc) is 2.85. The molecule has 0 radical (unpaired) electrons. The van der Waals surface area contributed by atoms with E-state index >= 15 is 0 Å². The van der Waals surface area contributed by atoms with Gasteiger partial charge in [-0.1, -0.05) is 24.3 Å². The van der Waals surface area contributed by atoms with E-state index in [1.165, 1.54) is 0 Å². The second kappa shape index (κ2) is 6.73. The van der Waals surface area contributed by atoms with E-state index in [9.17, 15) is 5.26 Å². The highest BCUT2D eigenvalue weighted by molar-refractivity contribution is 6.32. The second-order valence-corrected chi connectivity index (χ2v) is 7.07. The fraction of sp³-hybridized carbons (Fsp3) is 0. The lowest BCUT2D eigenvalue weighted by molar-refractivity contribution is 1.21. The van der Waals surface area contributed by atoms with E-state index in [0.29, 0.717) is 45.0 Å². The first-order chi connectivity index (χ1) is 15.8. The molecule has 3 heterocycles. The third-order valence-corrected chi connectivity index (χ3v) is 5.44. The van der Waals surface area contributed by atoms with Gasteiger partial charge in [-0.2, -0.15) is 16.8 Å². The zero-order chi connectivity index (χ0) is 21.7. The van der Waals surface area contributed by atoms with Gasteiger partial charge in [0.15, 0.2) is 5.71 Å². The van der Waals surface area contributed by atoms with Crippen molar-refractivity contribution in [3.63, 3.8) is 0 Å². The summed E-state index contributed by atoms with van der Waals surface area (Å²) in [4.78, 5) is 26.3. The van der Waals surface area contributed by atoms with Crippen LogP contribution in [-0.2, 0) is 0 Å². The maximum absolute atomic E-state index is 9.38. The van der Waals surface area contributed by atoms with Crippen molar-refractivity contribution in [3.8, 4) is 6.19 Å². The Morgan fingerprint density at radius 2 is 1.31 bits per heavy atom. The van der Waals surface area contributed by atoms with Gasteiger partial charge in [0.1, 0.15) is 17.1 Å². The van der Waals surface area contributed by atoms with Gasteiger partial charge in [-0.05, 0) is 24.3 Å². The second-order valence-electron chi connectivity index (χ2n) is 7.07. The Hall–Kier alpha value is -5.08. The molecule has 8 nitrogen and oxygen atoms in total. The molecule has 6 rings (SSSR count). The molecule has 0 bridgehead atoms. The maximum atomic E-state index is 9.38. The number of benzene rings is 2. The summed E-state index contributed by atoms with van der Waals surface area (Å²) in [6.07, 6.45) is 5.31. The van der Waals surface area contributed by atoms with Gasteiger partial charge in [0.2, 0.25) is 6.19 Å². The fourth-order valence-corrected chi connectivity index (χ4v) is 4.18. The van der Waals surface area contributed by atoms with Crippen LogP contribution in [0.3, 0.4) is 0 Å². The van der Waals surface area contributed by atoms with Crippen LogP contribution in [0.5, 0.6) is 0 Å². The van der Waals surface area contributed by atoms with Crippen molar-refractivity contribution in [2.75, 3.05) is 0 Å². The first-order valence-electron chi connectivity index (χ1n) is 9.66. The van der Waals surface area contributed by atoms with Crippen LogP contribution < -0.4 is 0 Å². The van der Waals surface area contributed by atoms with Crippen molar-refractivity contribution >= 4 is 44.3 Å². The van der Waals surface area contributed by atoms with Crippen molar-refractivity contribution in [2.45, 2.75) is 0 Å². The number of aliphatic imine (C=N–C) groups is 1. The van der Waals surface area contributed by atoms with Gasteiger partial charge in [-0.3, -0.25) is 9.97 Å². The molecule has 0 saturated heterocycles. The Morgan fingerprint density at radius 3 is 1.88 bits per heavy atom. The van der Waals surface area contributed by atoms with E-state index in [1.807, 2.05) is 54.7 Å². The summed E-state index contributed by atoms with van der Waals surface area (Å²) < 4.78 is 0. The summed E-state index contributed by atoms with van der Waals surface area (Å²) in [5, 5.41) is 15.0. The standard InChI is InChI=1S/C24H10N8/c1-26-32-22-14-7-3-2-6-13(14)17(29-12-25)23-24(22)31-21-16-9-5-11-28-19(16)18-15(20(21)30-23)8-4-10-27-18/h2-11H/b29-17-,32-22+. The van der Waals surface area contributed by atoms with Crippen LogP contribution >= 0.6 is 0 Å². The summed E-state index contributed by atoms with van der Waals surface area (Å²) in [6.45, 7) is 7.34. The minimum Gasteiger partial charge on any atom is -0.254 e. The van der Waals surface area contributed by atoms with E-state index in [1.54, 1.807) is 12.4 Å². The monoisotopic (exact) mass is 410 g/mol. The third kappa shape index (κ3) is 2.35. The predicted molar refractivity (Wildman–Crippen MR) is 120 cm³/mol. The molecular weight excluding hydrogens is 400 g/mol. The van der Waals surface area contributed by atoms with Crippen LogP contribution in [0, 0.1) is 18.0 Å². The van der Waals surface area contributed by atoms with Gasteiger partial charge in [-0.25, -0.2) is 9.97 Å². The molecule has 0 saturated carbocycles. The lowest BCUT2D eigenvalue weighted by atomic mass is 9.88. The van der Waals surface area contributed by atoms with Crippen molar-refractivity contribution in [1.29, 1.82) is 5.26 Å². The number of nitrogens with zero attached hydrogens (tertiary/aromatic N) is 8. The topological polar surface area (TPSA) is 104 Å². The molecule has 0 aliphatic heterocycles. The van der Waals surface area contributed by atoms with Crippen LogP contribution in [0.25, 0.3) is 37.8 Å². The van der Waals surface area contributed by atoms with E-state index in [-0.39, 0.29) is 0 Å². The fourth-order valence-electron chi connectivity index (χ4n) is 4.18. The van der Waals surface area contributed by atoms with Crippen molar-refractivity contribution in [3.05, 3.63) is 95.0 Å². The number of fused-ring (bicyclic) bond motifs is 8. The summed E-state index contributed by atoms with van der Waals surface area (Å²) in [5.74, 6) is 0. The minimum absolute atomic E-state index is 0.403. The Bertz CT molecular complexity index is 1620. The molecule has 5 aromatic rings. The molecule has 0 spiro atoms. The Kier molecular flexibility index (Phi) is 3.73. The molecule has 1 aliphatic rings. The molecule has 0 atom stereocenters. The molecule has 146 valence electrons. The van der Waals surface area contributed by atoms with Gasteiger partial charge in [0.05, 0.1) is 27.2 Å². The molecule has 0 N–H and O–H groups in total. The molecule has 8 heteroatoms. The van der Waals surface area contributed by atoms with Crippen LogP contribution in [-0.4, -0.2) is 31.4 Å². The van der Waals surface area contributed by atoms with E-state index in [0.717, 1.165) is 21.8 Å². The summed E-state index contributed by atoms with van der Waals surface area (Å²) in [7, 11) is 0. The van der Waals surface area contributed by atoms with E-state index < -0.39 is 0 Å². The first-order valence-corrected chi connectivity index (χ1v) is 9.66. The number of aromatic nitrogens is 4. The zero-order valence-electron chi connectivity index (χ0n) is 16.4. The quantitative estimate of drug-likeness (QED) is 0.163. The van der Waals surface area contributed by atoms with Crippen molar-refractivity contribution in [1.82, 2.24) is 19.9 Å². The number of rotatable bonds is 0. The lowest BCUT2D eigenvalue weighted by Gasteiger charge is -2.20. The SMILES string of the molecule is [C-]#[N+]/N=C1\c2ccccc2/C(=N/C#N)c2nc3c4cccnc4c4ncccc4c3nc21. The molecule has 1 aliphatic carbocycles. The lowest BCUT2D eigenvalue weighted by Crippen LogP contribution is -2.25. The number of pyridine rings is 2. The Morgan fingerprint density at radius 1 is 0.750 bits per heavy atom. The molecule has 0 amide bonds. The molecule has 0 fully saturated rings. The van der Waals surface area contributed by atoms with Gasteiger partial charge in [0, 0.05) is 34.3 Å². The number of hydrogen-bond donors (Lipinski definition) is 0. The molecule has 3 aromatic heterocycles. The van der Waals surface area contributed by atoms with Gasteiger partial charge < -0.3 is 0 Å². The van der Waals surface area contributed by atoms with Crippen LogP contribution in [0.4, 0.5) is 0 Å². The number of hydrogen-bond acceptors (Lipinski definition) is 7. The Labute approximate surface area is 181 Å². The van der Waals surface area contributed by atoms with E-state index in [4.69, 9.17) is 16.5 Å².